The Kier molecular flexibility index (Phi) is 5.70. The molecule has 26 heavy (non-hydrogen) atoms. The third-order valence-electron chi connectivity index (χ3n) is 4.07. The van der Waals surface area contributed by atoms with Crippen LogP contribution in [0.1, 0.15) is 11.1 Å². The number of phenolic OH excluding ortho intramolecular Hbond substituents is 2. The second-order valence-electron chi connectivity index (χ2n) is 5.95. The zero-order valence-electron chi connectivity index (χ0n) is 14.3. The standard InChI is InChI=1S/C19H21N3O4/c23-15-4-1-3-14(11-15)12-19(25)21-20-13-16-17(5-2-6-18(16)24)22-7-9-26-10-8-22/h1-6,11,13,23-24H,7-10,12H2,(H,21,25). The summed E-state index contributed by atoms with van der Waals surface area (Å²) in [4.78, 5) is 14.1. The van der Waals surface area contributed by atoms with Crippen molar-refractivity contribution < 1.29 is 19.7 Å². The first-order valence-corrected chi connectivity index (χ1v) is 8.38. The normalized spacial score (nSPS) is 14.5. The monoisotopic (exact) mass is 355 g/mol. The maximum Gasteiger partial charge on any atom is 0.244 e. The number of hydrogen-bond acceptors (Lipinski definition) is 6. The van der Waals surface area contributed by atoms with Crippen molar-refractivity contribution in [3.63, 3.8) is 0 Å². The molecule has 7 nitrogen and oxygen atoms in total. The number of anilines is 1. The number of nitrogens with zero attached hydrogens (tertiary/aromatic N) is 2. The third kappa shape index (κ3) is 4.52. The van der Waals surface area contributed by atoms with Crippen molar-refractivity contribution in [1.29, 1.82) is 0 Å². The highest BCUT2D eigenvalue weighted by Gasteiger charge is 2.16. The summed E-state index contributed by atoms with van der Waals surface area (Å²) in [5.74, 6) is -0.0988. The van der Waals surface area contributed by atoms with E-state index in [9.17, 15) is 15.0 Å². The van der Waals surface area contributed by atoms with Crippen LogP contribution in [0, 0.1) is 0 Å². The van der Waals surface area contributed by atoms with E-state index in [1.807, 2.05) is 6.07 Å². The number of morpholine rings is 1. The molecule has 0 aromatic heterocycles. The van der Waals surface area contributed by atoms with Crippen molar-refractivity contribution in [2.24, 2.45) is 5.10 Å². The summed E-state index contributed by atoms with van der Waals surface area (Å²) in [6.07, 6.45) is 1.54. The first-order chi connectivity index (χ1) is 12.6. The number of hydrazone groups is 1. The lowest BCUT2D eigenvalue weighted by molar-refractivity contribution is -0.120. The minimum absolute atomic E-state index is 0.0972. The Bertz CT molecular complexity index is 801. The molecule has 136 valence electrons. The van der Waals surface area contributed by atoms with Crippen LogP contribution >= 0.6 is 0 Å². The Morgan fingerprint density at radius 2 is 1.96 bits per heavy atom. The number of phenols is 2. The van der Waals surface area contributed by atoms with Gasteiger partial charge in [0.25, 0.3) is 0 Å². The molecule has 3 N–H and O–H groups in total. The molecule has 1 saturated heterocycles. The van der Waals surface area contributed by atoms with Gasteiger partial charge in [0.15, 0.2) is 0 Å². The first-order valence-electron chi connectivity index (χ1n) is 8.38. The maximum atomic E-state index is 12.0. The van der Waals surface area contributed by atoms with E-state index in [1.54, 1.807) is 30.3 Å². The predicted molar refractivity (Wildman–Crippen MR) is 98.7 cm³/mol. The van der Waals surface area contributed by atoms with E-state index in [4.69, 9.17) is 4.74 Å². The molecular weight excluding hydrogens is 334 g/mol. The van der Waals surface area contributed by atoms with E-state index in [2.05, 4.69) is 15.4 Å². The summed E-state index contributed by atoms with van der Waals surface area (Å²) >= 11 is 0. The number of hydrogen-bond donors (Lipinski definition) is 3. The molecule has 0 saturated carbocycles. The molecule has 0 atom stereocenters. The average Bonchev–Trinajstić information content (AvgIpc) is 2.64. The van der Waals surface area contributed by atoms with Crippen LogP contribution in [-0.2, 0) is 16.0 Å². The van der Waals surface area contributed by atoms with Crippen LogP contribution in [0.4, 0.5) is 5.69 Å². The molecule has 1 aliphatic heterocycles. The van der Waals surface area contributed by atoms with Gasteiger partial charge in [-0.25, -0.2) is 5.43 Å². The largest absolute Gasteiger partial charge is 0.508 e. The number of benzene rings is 2. The van der Waals surface area contributed by atoms with E-state index < -0.39 is 0 Å². The van der Waals surface area contributed by atoms with Gasteiger partial charge in [0.2, 0.25) is 5.91 Å². The molecule has 1 amide bonds. The summed E-state index contributed by atoms with van der Waals surface area (Å²) in [5.41, 5.74) is 4.53. The lowest BCUT2D eigenvalue weighted by Gasteiger charge is -2.30. The Morgan fingerprint density at radius 1 is 1.19 bits per heavy atom. The Morgan fingerprint density at radius 3 is 2.73 bits per heavy atom. The smallest absolute Gasteiger partial charge is 0.244 e. The minimum atomic E-state index is -0.310. The van der Waals surface area contributed by atoms with Crippen LogP contribution in [0.3, 0.4) is 0 Å². The number of rotatable bonds is 5. The fourth-order valence-corrected chi connectivity index (χ4v) is 2.81. The van der Waals surface area contributed by atoms with Crippen LogP contribution in [0.2, 0.25) is 0 Å². The Labute approximate surface area is 151 Å². The van der Waals surface area contributed by atoms with Crippen LogP contribution in [0.15, 0.2) is 47.6 Å². The molecule has 0 bridgehead atoms. The van der Waals surface area contributed by atoms with Gasteiger partial charge in [0.05, 0.1) is 31.4 Å². The lowest BCUT2D eigenvalue weighted by Crippen LogP contribution is -2.36. The third-order valence-corrected chi connectivity index (χ3v) is 4.07. The summed E-state index contributed by atoms with van der Waals surface area (Å²) < 4.78 is 5.36. The van der Waals surface area contributed by atoms with E-state index in [1.165, 1.54) is 12.3 Å². The Hall–Kier alpha value is -3.06. The number of carbonyl (C=O) groups excluding carboxylic acids is 1. The summed E-state index contributed by atoms with van der Waals surface area (Å²) in [6.45, 7) is 2.72. The Balaban J connectivity index is 1.67. The summed E-state index contributed by atoms with van der Waals surface area (Å²) in [5, 5.41) is 23.6. The van der Waals surface area contributed by atoms with Crippen molar-refractivity contribution in [2.45, 2.75) is 6.42 Å². The zero-order valence-corrected chi connectivity index (χ0v) is 14.3. The van der Waals surface area contributed by atoms with Crippen LogP contribution in [0.5, 0.6) is 11.5 Å². The fourth-order valence-electron chi connectivity index (χ4n) is 2.81. The maximum absolute atomic E-state index is 12.0. The van der Waals surface area contributed by atoms with Gasteiger partial charge in [-0.1, -0.05) is 18.2 Å². The lowest BCUT2D eigenvalue weighted by atomic mass is 10.1. The first kappa shape index (κ1) is 17.8. The van der Waals surface area contributed by atoms with Crippen molar-refractivity contribution in [3.8, 4) is 11.5 Å². The molecule has 0 spiro atoms. The molecule has 0 unspecified atom stereocenters. The van der Waals surface area contributed by atoms with Crippen molar-refractivity contribution in [1.82, 2.24) is 5.43 Å². The molecular formula is C19H21N3O4. The van der Waals surface area contributed by atoms with Gasteiger partial charge in [-0.05, 0) is 29.8 Å². The van der Waals surface area contributed by atoms with Crippen molar-refractivity contribution in [2.75, 3.05) is 31.2 Å². The number of amides is 1. The van der Waals surface area contributed by atoms with Gasteiger partial charge in [-0.2, -0.15) is 5.10 Å². The predicted octanol–water partition coefficient (Wildman–Crippen LogP) is 1.63. The number of nitrogens with one attached hydrogen (secondary N) is 1. The fraction of sp³-hybridized carbons (Fsp3) is 0.263. The highest BCUT2D eigenvalue weighted by molar-refractivity contribution is 5.92. The van der Waals surface area contributed by atoms with Gasteiger partial charge in [0.1, 0.15) is 11.5 Å². The van der Waals surface area contributed by atoms with Crippen molar-refractivity contribution in [3.05, 3.63) is 53.6 Å². The summed E-state index contributed by atoms with van der Waals surface area (Å²) in [6, 6.07) is 11.8. The summed E-state index contributed by atoms with van der Waals surface area (Å²) in [7, 11) is 0. The van der Waals surface area contributed by atoms with E-state index >= 15 is 0 Å². The van der Waals surface area contributed by atoms with Crippen LogP contribution in [0.25, 0.3) is 0 Å². The molecule has 7 heteroatoms. The quantitative estimate of drug-likeness (QED) is 0.560. The van der Waals surface area contributed by atoms with E-state index in [-0.39, 0.29) is 23.8 Å². The number of carbonyl (C=O) groups is 1. The number of aromatic hydroxyl groups is 2. The molecule has 2 aromatic carbocycles. The zero-order chi connectivity index (χ0) is 18.4. The minimum Gasteiger partial charge on any atom is -0.508 e. The van der Waals surface area contributed by atoms with Crippen LogP contribution in [-0.4, -0.2) is 48.6 Å². The molecule has 1 fully saturated rings. The van der Waals surface area contributed by atoms with E-state index in [0.29, 0.717) is 24.3 Å². The average molecular weight is 355 g/mol. The van der Waals surface area contributed by atoms with Gasteiger partial charge in [-0.15, -0.1) is 0 Å². The molecule has 0 radical (unpaired) electrons. The van der Waals surface area contributed by atoms with E-state index in [0.717, 1.165) is 18.8 Å². The molecule has 1 aliphatic rings. The highest BCUT2D eigenvalue weighted by Crippen LogP contribution is 2.27. The topological polar surface area (TPSA) is 94.4 Å². The van der Waals surface area contributed by atoms with Gasteiger partial charge < -0.3 is 19.8 Å². The van der Waals surface area contributed by atoms with Crippen LogP contribution < -0.4 is 10.3 Å². The highest BCUT2D eigenvalue weighted by atomic mass is 16.5. The van der Waals surface area contributed by atoms with Gasteiger partial charge in [0, 0.05) is 18.8 Å². The SMILES string of the molecule is O=C(Cc1cccc(O)c1)NN=Cc1c(O)cccc1N1CCOCC1. The van der Waals surface area contributed by atoms with Gasteiger partial charge >= 0.3 is 0 Å². The molecule has 3 rings (SSSR count). The second kappa shape index (κ2) is 8.35. The molecule has 0 aliphatic carbocycles. The van der Waals surface area contributed by atoms with Gasteiger partial charge in [-0.3, -0.25) is 4.79 Å². The second-order valence-corrected chi connectivity index (χ2v) is 5.95. The number of ether oxygens (including phenoxy) is 1. The molecule has 1 heterocycles. The molecule has 2 aromatic rings. The van der Waals surface area contributed by atoms with Crippen molar-refractivity contribution >= 4 is 17.8 Å².